The summed E-state index contributed by atoms with van der Waals surface area (Å²) in [5.74, 6) is 6.59. The van der Waals surface area contributed by atoms with Gasteiger partial charge < -0.3 is 28.4 Å². The van der Waals surface area contributed by atoms with Gasteiger partial charge in [0, 0.05) is 44.2 Å². The van der Waals surface area contributed by atoms with Crippen LogP contribution in [0.4, 0.5) is 0 Å². The standard InChI is InChI=1S/C56H60O6/c1-37(2)33-57-45-21-13-41(14-22-45)55(42-15-23-46(24-16-42)58-34-38(3)4)31-29-51-52-30-32-56(43-17-25-47(26-18-43)59-35-39(5)6,44-19-27-48(28-20-44)60-36-40(7)8)62-54(52)50-12-10-9-11-49(50)53(51)61-55/h9-32,37-40H,33-36H2,1-8H3. The fraction of sp³-hybridized carbons (Fsp3) is 0.321. The fourth-order valence-corrected chi connectivity index (χ4v) is 7.96. The van der Waals surface area contributed by atoms with Crippen molar-refractivity contribution < 1.29 is 28.4 Å². The first-order valence-corrected chi connectivity index (χ1v) is 22.2. The van der Waals surface area contributed by atoms with Crippen LogP contribution in [0.2, 0.25) is 0 Å². The Kier molecular flexibility index (Phi) is 12.4. The van der Waals surface area contributed by atoms with E-state index in [9.17, 15) is 0 Å². The number of benzene rings is 6. The van der Waals surface area contributed by atoms with E-state index in [-0.39, 0.29) is 0 Å². The zero-order valence-electron chi connectivity index (χ0n) is 37.4. The van der Waals surface area contributed by atoms with E-state index in [0.29, 0.717) is 50.1 Å². The molecule has 0 radical (unpaired) electrons. The van der Waals surface area contributed by atoms with Crippen molar-refractivity contribution in [3.05, 3.63) is 167 Å². The molecule has 0 saturated heterocycles. The maximum absolute atomic E-state index is 7.49. The van der Waals surface area contributed by atoms with Gasteiger partial charge in [0.05, 0.1) is 26.4 Å². The largest absolute Gasteiger partial charge is 0.493 e. The van der Waals surface area contributed by atoms with Gasteiger partial charge in [0.25, 0.3) is 0 Å². The molecule has 0 N–H and O–H groups in total. The summed E-state index contributed by atoms with van der Waals surface area (Å²) in [5, 5.41) is 1.92. The molecule has 6 aromatic carbocycles. The van der Waals surface area contributed by atoms with Gasteiger partial charge >= 0.3 is 0 Å². The van der Waals surface area contributed by atoms with E-state index in [1.165, 1.54) is 0 Å². The highest BCUT2D eigenvalue weighted by Crippen LogP contribution is 2.53. The van der Waals surface area contributed by atoms with Crippen LogP contribution >= 0.6 is 0 Å². The molecule has 320 valence electrons. The topological polar surface area (TPSA) is 55.4 Å². The highest BCUT2D eigenvalue weighted by atomic mass is 16.5. The van der Waals surface area contributed by atoms with Crippen LogP contribution in [-0.2, 0) is 11.2 Å². The molecule has 6 nitrogen and oxygen atoms in total. The van der Waals surface area contributed by atoms with Gasteiger partial charge in [-0.1, -0.05) is 128 Å². The Labute approximate surface area is 368 Å². The van der Waals surface area contributed by atoms with Crippen molar-refractivity contribution in [2.24, 2.45) is 23.7 Å². The van der Waals surface area contributed by atoms with Crippen LogP contribution in [0.15, 0.2) is 133 Å². The molecule has 62 heavy (non-hydrogen) atoms. The predicted molar refractivity (Wildman–Crippen MR) is 252 cm³/mol. The molecule has 0 spiro atoms. The molecule has 0 unspecified atom stereocenters. The third kappa shape index (κ3) is 8.79. The number of hydrogen-bond acceptors (Lipinski definition) is 6. The first kappa shape index (κ1) is 42.5. The van der Waals surface area contributed by atoms with E-state index >= 15 is 0 Å². The van der Waals surface area contributed by atoms with E-state index in [1.807, 2.05) is 48.5 Å². The lowest BCUT2D eigenvalue weighted by atomic mass is 9.80. The maximum Gasteiger partial charge on any atom is 0.178 e. The highest BCUT2D eigenvalue weighted by Gasteiger charge is 2.42. The number of rotatable bonds is 16. The lowest BCUT2D eigenvalue weighted by Crippen LogP contribution is -2.36. The van der Waals surface area contributed by atoms with Gasteiger partial charge in [-0.2, -0.15) is 0 Å². The Morgan fingerprint density at radius 3 is 0.871 bits per heavy atom. The first-order valence-electron chi connectivity index (χ1n) is 22.2. The normalized spacial score (nSPS) is 14.7. The van der Waals surface area contributed by atoms with Crippen molar-refractivity contribution >= 4 is 22.9 Å². The molecule has 2 aliphatic rings. The van der Waals surface area contributed by atoms with Crippen LogP contribution in [0.25, 0.3) is 22.9 Å². The lowest BCUT2D eigenvalue weighted by Gasteiger charge is -2.40. The Morgan fingerprint density at radius 1 is 0.371 bits per heavy atom. The summed E-state index contributed by atoms with van der Waals surface area (Å²) in [6, 6.07) is 41.7. The maximum atomic E-state index is 7.49. The van der Waals surface area contributed by atoms with E-state index in [2.05, 4.69) is 152 Å². The van der Waals surface area contributed by atoms with E-state index in [4.69, 9.17) is 28.4 Å². The quantitative estimate of drug-likeness (QED) is 0.0969. The van der Waals surface area contributed by atoms with Crippen molar-refractivity contribution in [1.82, 2.24) is 0 Å². The number of hydrogen-bond donors (Lipinski definition) is 0. The molecular weight excluding hydrogens is 769 g/mol. The van der Waals surface area contributed by atoms with Crippen LogP contribution in [0, 0.1) is 23.7 Å². The Balaban J connectivity index is 1.24. The third-order valence-electron chi connectivity index (χ3n) is 11.2. The highest BCUT2D eigenvalue weighted by molar-refractivity contribution is 6.02. The number of ether oxygens (including phenoxy) is 6. The predicted octanol–water partition coefficient (Wildman–Crippen LogP) is 13.7. The molecule has 0 saturated carbocycles. The van der Waals surface area contributed by atoms with Gasteiger partial charge in [-0.25, -0.2) is 0 Å². The fourth-order valence-electron chi connectivity index (χ4n) is 7.96. The minimum Gasteiger partial charge on any atom is -0.493 e. The second-order valence-electron chi connectivity index (χ2n) is 18.3. The molecule has 6 heteroatoms. The second kappa shape index (κ2) is 18.1. The van der Waals surface area contributed by atoms with Gasteiger partial charge in [0.15, 0.2) is 11.2 Å². The summed E-state index contributed by atoms with van der Waals surface area (Å²) in [6.45, 7) is 19.8. The van der Waals surface area contributed by atoms with Gasteiger partial charge in [-0.3, -0.25) is 0 Å². The molecule has 0 atom stereocenters. The molecule has 2 aliphatic heterocycles. The zero-order chi connectivity index (χ0) is 43.4. The van der Waals surface area contributed by atoms with Gasteiger partial charge in [-0.15, -0.1) is 0 Å². The summed E-state index contributed by atoms with van der Waals surface area (Å²) in [7, 11) is 0. The van der Waals surface area contributed by atoms with E-state index in [1.54, 1.807) is 0 Å². The summed E-state index contributed by atoms with van der Waals surface area (Å²) >= 11 is 0. The van der Waals surface area contributed by atoms with Crippen molar-refractivity contribution in [2.75, 3.05) is 26.4 Å². The van der Waals surface area contributed by atoms with Gasteiger partial charge in [0.2, 0.25) is 0 Å². The smallest absolute Gasteiger partial charge is 0.178 e. The van der Waals surface area contributed by atoms with Crippen LogP contribution in [-0.4, -0.2) is 26.4 Å². The Bertz CT molecular complexity index is 2220. The minimum absolute atomic E-state index is 0.422. The second-order valence-corrected chi connectivity index (χ2v) is 18.3. The van der Waals surface area contributed by atoms with Crippen LogP contribution in [0.1, 0.15) is 88.8 Å². The SMILES string of the molecule is CC(C)COc1ccc(C2(c3ccc(OCC(C)C)cc3)C=Cc3c4c(c5ccccc5c3O2)OC(c2ccc(OCC(C)C)cc2)(c2ccc(OCC(C)C)cc2)C=C4)cc1. The molecule has 6 aromatic rings. The van der Waals surface area contributed by atoms with Crippen molar-refractivity contribution in [3.63, 3.8) is 0 Å². The average Bonchev–Trinajstić information content (AvgIpc) is 3.29. The van der Waals surface area contributed by atoms with Crippen LogP contribution < -0.4 is 28.4 Å². The zero-order valence-corrected chi connectivity index (χ0v) is 37.4. The van der Waals surface area contributed by atoms with Crippen molar-refractivity contribution in [1.29, 1.82) is 0 Å². The summed E-state index contributed by atoms with van der Waals surface area (Å²) < 4.78 is 39.4. The van der Waals surface area contributed by atoms with E-state index in [0.717, 1.165) is 78.7 Å². The molecule has 8 rings (SSSR count). The molecule has 0 fully saturated rings. The third-order valence-corrected chi connectivity index (χ3v) is 11.2. The average molecular weight is 829 g/mol. The summed E-state index contributed by atoms with van der Waals surface area (Å²) in [5.41, 5.74) is 3.98. The molecule has 2 heterocycles. The molecule has 0 aromatic heterocycles. The van der Waals surface area contributed by atoms with Gasteiger partial charge in [-0.05, 0) is 96.5 Å². The Morgan fingerprint density at radius 2 is 0.629 bits per heavy atom. The number of fused-ring (bicyclic) bond motifs is 6. The molecule has 0 bridgehead atoms. The van der Waals surface area contributed by atoms with E-state index < -0.39 is 11.2 Å². The first-order chi connectivity index (χ1) is 29.9. The van der Waals surface area contributed by atoms with Crippen LogP contribution in [0.5, 0.6) is 34.5 Å². The molecule has 0 aliphatic carbocycles. The van der Waals surface area contributed by atoms with Crippen molar-refractivity contribution in [3.8, 4) is 34.5 Å². The monoisotopic (exact) mass is 828 g/mol. The summed E-state index contributed by atoms with van der Waals surface area (Å²) in [6.07, 6.45) is 8.78. The lowest BCUT2D eigenvalue weighted by molar-refractivity contribution is 0.157. The Hall–Kier alpha value is -6.14. The minimum atomic E-state index is -0.946. The van der Waals surface area contributed by atoms with Crippen LogP contribution in [0.3, 0.4) is 0 Å². The van der Waals surface area contributed by atoms with Crippen molar-refractivity contribution in [2.45, 2.75) is 66.6 Å². The molecule has 0 amide bonds. The molecular formula is C56H60O6. The van der Waals surface area contributed by atoms with Gasteiger partial charge in [0.1, 0.15) is 34.5 Å². The summed E-state index contributed by atoms with van der Waals surface area (Å²) in [4.78, 5) is 0.